The van der Waals surface area contributed by atoms with E-state index in [1.165, 1.54) is 6.07 Å². The summed E-state index contributed by atoms with van der Waals surface area (Å²) in [6.45, 7) is 0.579. The molecule has 0 N–H and O–H groups in total. The number of benzene rings is 2. The van der Waals surface area contributed by atoms with Crippen molar-refractivity contribution in [2.24, 2.45) is 0 Å². The predicted octanol–water partition coefficient (Wildman–Crippen LogP) is 5.22. The Hall–Kier alpha value is -2.79. The molecule has 2 aromatic carbocycles. The Labute approximate surface area is 154 Å². The molecule has 0 fully saturated rings. The van der Waals surface area contributed by atoms with Crippen molar-refractivity contribution in [3.05, 3.63) is 77.3 Å². The zero-order chi connectivity index (χ0) is 17.5. The van der Waals surface area contributed by atoms with Crippen molar-refractivity contribution >= 4 is 21.6 Å². The molecule has 1 aliphatic heterocycles. The second-order valence-electron chi connectivity index (χ2n) is 6.43. The van der Waals surface area contributed by atoms with Gasteiger partial charge in [-0.05, 0) is 65.6 Å². The molecule has 1 unspecified atom stereocenters. The minimum atomic E-state index is -0.223. The molecule has 3 heterocycles. The topological polar surface area (TPSA) is 35.0 Å². The first-order chi connectivity index (χ1) is 12.8. The summed E-state index contributed by atoms with van der Waals surface area (Å²) in [6, 6.07) is 15.0. The number of nitrogens with zero attached hydrogens (tertiary/aromatic N) is 2. The normalized spacial score (nSPS) is 16.3. The Balaban J connectivity index is 1.48. The third-order valence-corrected chi connectivity index (χ3v) is 5.88. The van der Waals surface area contributed by atoms with Crippen molar-refractivity contribution in [1.82, 2.24) is 9.97 Å². The first kappa shape index (κ1) is 15.5. The first-order valence-corrected chi connectivity index (χ1v) is 9.30. The highest BCUT2D eigenvalue weighted by atomic mass is 32.1. The maximum Gasteiger partial charge on any atom is 0.123 e. The molecule has 0 aliphatic carbocycles. The highest BCUT2D eigenvalue weighted by Crippen LogP contribution is 2.37. The largest absolute Gasteiger partial charge is 0.493 e. The van der Waals surface area contributed by atoms with Gasteiger partial charge < -0.3 is 4.74 Å². The average Bonchev–Trinajstić information content (AvgIpc) is 3.11. The zero-order valence-electron chi connectivity index (χ0n) is 13.9. The summed E-state index contributed by atoms with van der Waals surface area (Å²) >= 11 is 1.69. The van der Waals surface area contributed by atoms with Crippen LogP contribution in [0.5, 0.6) is 5.75 Å². The van der Waals surface area contributed by atoms with Gasteiger partial charge in [-0.15, -0.1) is 11.3 Å². The third-order valence-electron chi connectivity index (χ3n) is 4.70. The van der Waals surface area contributed by atoms with E-state index in [9.17, 15) is 4.39 Å². The average molecular weight is 362 g/mol. The number of rotatable bonds is 2. The molecular formula is C21H15FN2OS. The fourth-order valence-corrected chi connectivity index (χ4v) is 4.45. The molecule has 0 bridgehead atoms. The molecule has 0 radical (unpaired) electrons. The fraction of sp³-hybridized carbons (Fsp3) is 0.143. The van der Waals surface area contributed by atoms with E-state index in [2.05, 4.69) is 23.2 Å². The minimum absolute atomic E-state index is 0.158. The number of thiazole rings is 1. The zero-order valence-corrected chi connectivity index (χ0v) is 14.7. The monoisotopic (exact) mass is 362 g/mol. The molecule has 0 saturated carbocycles. The highest BCUT2D eigenvalue weighted by molar-refractivity contribution is 7.18. The molecule has 0 spiro atoms. The van der Waals surface area contributed by atoms with Crippen LogP contribution >= 0.6 is 11.3 Å². The van der Waals surface area contributed by atoms with E-state index in [4.69, 9.17) is 9.72 Å². The number of fused-ring (bicyclic) bond motifs is 2. The summed E-state index contributed by atoms with van der Waals surface area (Å²) < 4.78 is 20.5. The van der Waals surface area contributed by atoms with Gasteiger partial charge in [0.15, 0.2) is 0 Å². The Bertz CT molecular complexity index is 1090. The molecule has 1 atom stereocenters. The summed E-state index contributed by atoms with van der Waals surface area (Å²) in [5, 5.41) is 1.04. The summed E-state index contributed by atoms with van der Waals surface area (Å²) in [4.78, 5) is 8.87. The minimum Gasteiger partial charge on any atom is -0.493 e. The van der Waals surface area contributed by atoms with Crippen LogP contribution in [0.1, 0.15) is 16.5 Å². The summed E-state index contributed by atoms with van der Waals surface area (Å²) in [5.74, 6) is 0.717. The van der Waals surface area contributed by atoms with Crippen LogP contribution in [0.25, 0.3) is 21.3 Å². The van der Waals surface area contributed by atoms with Crippen molar-refractivity contribution < 1.29 is 9.13 Å². The molecule has 1 aliphatic rings. The predicted molar refractivity (Wildman–Crippen MR) is 101 cm³/mol. The van der Waals surface area contributed by atoms with Gasteiger partial charge in [-0.25, -0.2) is 9.37 Å². The molecule has 5 rings (SSSR count). The van der Waals surface area contributed by atoms with E-state index in [0.29, 0.717) is 6.61 Å². The molecule has 4 aromatic rings. The van der Waals surface area contributed by atoms with Gasteiger partial charge in [-0.2, -0.15) is 0 Å². The van der Waals surface area contributed by atoms with E-state index in [1.807, 2.05) is 12.1 Å². The van der Waals surface area contributed by atoms with Crippen LogP contribution in [0.4, 0.5) is 4.39 Å². The quantitative estimate of drug-likeness (QED) is 0.491. The van der Waals surface area contributed by atoms with Crippen LogP contribution in [0.15, 0.2) is 60.9 Å². The lowest BCUT2D eigenvalue weighted by Crippen LogP contribution is -2.19. The van der Waals surface area contributed by atoms with Gasteiger partial charge in [-0.3, -0.25) is 4.98 Å². The number of halogens is 1. The van der Waals surface area contributed by atoms with E-state index in [1.54, 1.807) is 35.9 Å². The Morgan fingerprint density at radius 3 is 2.77 bits per heavy atom. The fourth-order valence-electron chi connectivity index (χ4n) is 3.36. The van der Waals surface area contributed by atoms with Crippen molar-refractivity contribution in [2.45, 2.75) is 12.3 Å². The summed E-state index contributed by atoms with van der Waals surface area (Å²) in [5.41, 5.74) is 4.20. The van der Waals surface area contributed by atoms with Gasteiger partial charge in [0.1, 0.15) is 16.6 Å². The van der Waals surface area contributed by atoms with E-state index in [0.717, 1.165) is 44.1 Å². The van der Waals surface area contributed by atoms with Crippen LogP contribution in [0, 0.1) is 5.82 Å². The number of aromatic nitrogens is 2. The molecule has 128 valence electrons. The highest BCUT2D eigenvalue weighted by Gasteiger charge is 2.24. The second-order valence-corrected chi connectivity index (χ2v) is 7.50. The summed E-state index contributed by atoms with van der Waals surface area (Å²) in [6.07, 6.45) is 4.35. The van der Waals surface area contributed by atoms with Crippen LogP contribution in [-0.4, -0.2) is 16.6 Å². The Morgan fingerprint density at radius 1 is 1.00 bits per heavy atom. The molecule has 2 aromatic heterocycles. The lowest BCUT2D eigenvalue weighted by Gasteiger charge is -2.23. The smallest absolute Gasteiger partial charge is 0.123 e. The van der Waals surface area contributed by atoms with Gasteiger partial charge in [0.05, 0.1) is 16.8 Å². The van der Waals surface area contributed by atoms with Crippen molar-refractivity contribution in [2.75, 3.05) is 6.61 Å². The Morgan fingerprint density at radius 2 is 1.88 bits per heavy atom. The maximum atomic E-state index is 13.5. The van der Waals surface area contributed by atoms with Crippen LogP contribution < -0.4 is 4.74 Å². The van der Waals surface area contributed by atoms with Gasteiger partial charge in [0.2, 0.25) is 0 Å². The van der Waals surface area contributed by atoms with Crippen molar-refractivity contribution in [3.8, 4) is 16.9 Å². The molecule has 5 heteroatoms. The lowest BCUT2D eigenvalue weighted by molar-refractivity contribution is 0.262. The maximum absolute atomic E-state index is 13.5. The van der Waals surface area contributed by atoms with Gasteiger partial charge >= 0.3 is 0 Å². The van der Waals surface area contributed by atoms with Gasteiger partial charge in [0.25, 0.3) is 0 Å². The Kier molecular flexibility index (Phi) is 3.68. The van der Waals surface area contributed by atoms with Crippen LogP contribution in [0.2, 0.25) is 0 Å². The third kappa shape index (κ3) is 2.74. The van der Waals surface area contributed by atoms with Gasteiger partial charge in [-0.1, -0.05) is 6.07 Å². The van der Waals surface area contributed by atoms with E-state index in [-0.39, 0.29) is 11.7 Å². The SMILES string of the molecule is Fc1ccc2c(c1)CC(c1nc3ccc(-c4ccncc4)cc3s1)CO2. The van der Waals surface area contributed by atoms with Crippen molar-refractivity contribution in [1.29, 1.82) is 0 Å². The second kappa shape index (κ2) is 6.18. The number of hydrogen-bond acceptors (Lipinski definition) is 4. The molecule has 26 heavy (non-hydrogen) atoms. The molecule has 3 nitrogen and oxygen atoms in total. The molecule has 0 saturated heterocycles. The van der Waals surface area contributed by atoms with E-state index < -0.39 is 0 Å². The van der Waals surface area contributed by atoms with Gasteiger partial charge in [0, 0.05) is 18.3 Å². The summed E-state index contributed by atoms with van der Waals surface area (Å²) in [7, 11) is 0. The van der Waals surface area contributed by atoms with Crippen LogP contribution in [0.3, 0.4) is 0 Å². The van der Waals surface area contributed by atoms with E-state index >= 15 is 0 Å². The van der Waals surface area contributed by atoms with Crippen LogP contribution in [-0.2, 0) is 6.42 Å². The first-order valence-electron chi connectivity index (χ1n) is 8.48. The van der Waals surface area contributed by atoms with Crippen molar-refractivity contribution in [3.63, 3.8) is 0 Å². The molecular weight excluding hydrogens is 347 g/mol. The number of ether oxygens (including phenoxy) is 1. The lowest BCUT2D eigenvalue weighted by atomic mass is 9.97. The number of hydrogen-bond donors (Lipinski definition) is 0. The standard InChI is InChI=1S/C21H15FN2OS/c22-17-2-4-19-15(10-17)9-16(12-25-19)21-24-18-3-1-14(11-20(18)26-21)13-5-7-23-8-6-13/h1-8,10-11,16H,9,12H2. The molecule has 0 amide bonds. The number of pyridine rings is 1.